The molecule has 3 unspecified atom stereocenters. The second-order valence-electron chi connectivity index (χ2n) is 6.62. The van der Waals surface area contributed by atoms with Gasteiger partial charge in [0.05, 0.1) is 6.04 Å². The van der Waals surface area contributed by atoms with Gasteiger partial charge in [0.15, 0.2) is 0 Å². The summed E-state index contributed by atoms with van der Waals surface area (Å²) in [6.45, 7) is 6.98. The molecule has 3 heteroatoms. The lowest BCUT2D eigenvalue weighted by Crippen LogP contribution is -2.50. The maximum absolute atomic E-state index is 11.5. The molecule has 1 aliphatic carbocycles. The van der Waals surface area contributed by atoms with Gasteiger partial charge >= 0.3 is 0 Å². The Labute approximate surface area is 115 Å². The molecule has 0 bridgehead atoms. The Kier molecular flexibility index (Phi) is 3.95. The second-order valence-corrected chi connectivity index (χ2v) is 6.62. The normalized spacial score (nSPS) is 23.9. The van der Waals surface area contributed by atoms with Gasteiger partial charge in [0.2, 0.25) is 5.91 Å². The molecular formula is C16H24N2O. The average Bonchev–Trinajstić information content (AvgIpc) is 3.08. The predicted molar refractivity (Wildman–Crippen MR) is 77.7 cm³/mol. The third-order valence-electron chi connectivity index (χ3n) is 3.89. The van der Waals surface area contributed by atoms with Gasteiger partial charge in [-0.3, -0.25) is 4.79 Å². The molecule has 0 spiro atoms. The van der Waals surface area contributed by atoms with E-state index < -0.39 is 0 Å². The number of nitrogens with one attached hydrogen (secondary N) is 1. The van der Waals surface area contributed by atoms with E-state index in [1.165, 1.54) is 12.0 Å². The van der Waals surface area contributed by atoms with Gasteiger partial charge in [-0.15, -0.1) is 0 Å². The lowest BCUT2D eigenvalue weighted by atomic mass is 9.86. The Bertz CT molecular complexity index is 436. The zero-order chi connectivity index (χ0) is 14.0. The summed E-state index contributed by atoms with van der Waals surface area (Å²) in [5.74, 6) is 1.01. The van der Waals surface area contributed by atoms with Crippen LogP contribution in [0.5, 0.6) is 0 Å². The molecule has 0 aromatic heterocycles. The lowest BCUT2D eigenvalue weighted by molar-refractivity contribution is -0.122. The summed E-state index contributed by atoms with van der Waals surface area (Å²) in [5, 5.41) is 3.35. The Morgan fingerprint density at radius 3 is 2.53 bits per heavy atom. The summed E-state index contributed by atoms with van der Waals surface area (Å²) >= 11 is 0. The van der Waals surface area contributed by atoms with Crippen molar-refractivity contribution in [2.45, 2.75) is 39.2 Å². The monoisotopic (exact) mass is 260 g/mol. The molecule has 1 aliphatic rings. The van der Waals surface area contributed by atoms with E-state index in [4.69, 9.17) is 5.73 Å². The van der Waals surface area contributed by atoms with Crippen LogP contribution in [0.1, 0.15) is 38.7 Å². The van der Waals surface area contributed by atoms with E-state index in [9.17, 15) is 4.79 Å². The van der Waals surface area contributed by atoms with Crippen molar-refractivity contribution in [1.82, 2.24) is 5.32 Å². The van der Waals surface area contributed by atoms with Crippen LogP contribution in [0.4, 0.5) is 0 Å². The van der Waals surface area contributed by atoms with Crippen LogP contribution >= 0.6 is 0 Å². The highest BCUT2D eigenvalue weighted by Gasteiger charge is 2.39. The number of nitrogens with two attached hydrogens (primary N) is 1. The maximum atomic E-state index is 11.5. The summed E-state index contributed by atoms with van der Waals surface area (Å²) in [4.78, 5) is 11.5. The molecule has 19 heavy (non-hydrogen) atoms. The number of rotatable bonds is 5. The van der Waals surface area contributed by atoms with Crippen molar-refractivity contribution in [3.8, 4) is 0 Å². The average molecular weight is 260 g/mol. The smallest absolute Gasteiger partial charge is 0.235 e. The molecule has 3 N–H and O–H groups in total. The van der Waals surface area contributed by atoms with Crippen LogP contribution in [0.3, 0.4) is 0 Å². The van der Waals surface area contributed by atoms with E-state index in [2.05, 4.69) is 29.6 Å². The first-order chi connectivity index (χ1) is 8.89. The van der Waals surface area contributed by atoms with Crippen LogP contribution in [-0.4, -0.2) is 18.5 Å². The molecule has 0 saturated heterocycles. The number of hydrogen-bond acceptors (Lipinski definition) is 2. The Morgan fingerprint density at radius 1 is 1.37 bits per heavy atom. The van der Waals surface area contributed by atoms with Crippen LogP contribution in [0.2, 0.25) is 0 Å². The van der Waals surface area contributed by atoms with E-state index in [1.54, 1.807) is 0 Å². The molecule has 1 saturated carbocycles. The highest BCUT2D eigenvalue weighted by Crippen LogP contribution is 2.46. The standard InChI is InChI=1S/C16H24N2O/c1-16(2,3)14(15(17)19)18-10-12-9-13(12)11-7-5-4-6-8-11/h4-8,12-14,18H,9-10H2,1-3H3,(H2,17,19). The van der Waals surface area contributed by atoms with Crippen molar-refractivity contribution in [2.24, 2.45) is 17.1 Å². The number of carbonyl (C=O) groups is 1. The molecule has 1 amide bonds. The summed E-state index contributed by atoms with van der Waals surface area (Å²) in [6.07, 6.45) is 1.20. The van der Waals surface area contributed by atoms with Gasteiger partial charge in [0.1, 0.15) is 0 Å². The molecule has 3 nitrogen and oxygen atoms in total. The first kappa shape index (κ1) is 14.1. The molecular weight excluding hydrogens is 236 g/mol. The summed E-state index contributed by atoms with van der Waals surface area (Å²) < 4.78 is 0. The van der Waals surface area contributed by atoms with E-state index in [-0.39, 0.29) is 17.4 Å². The maximum Gasteiger partial charge on any atom is 0.235 e. The van der Waals surface area contributed by atoms with Gasteiger partial charge in [0.25, 0.3) is 0 Å². The fourth-order valence-electron chi connectivity index (χ4n) is 2.68. The Morgan fingerprint density at radius 2 is 2.00 bits per heavy atom. The SMILES string of the molecule is CC(C)(C)C(NCC1CC1c1ccccc1)C(N)=O. The molecule has 1 fully saturated rings. The van der Waals surface area contributed by atoms with Gasteiger partial charge in [0, 0.05) is 0 Å². The first-order valence-corrected chi connectivity index (χ1v) is 6.97. The largest absolute Gasteiger partial charge is 0.368 e. The molecule has 3 atom stereocenters. The van der Waals surface area contributed by atoms with Gasteiger partial charge in [-0.1, -0.05) is 51.1 Å². The molecule has 0 aliphatic heterocycles. The fraction of sp³-hybridized carbons (Fsp3) is 0.562. The highest BCUT2D eigenvalue weighted by molar-refractivity contribution is 5.80. The zero-order valence-corrected chi connectivity index (χ0v) is 12.0. The van der Waals surface area contributed by atoms with Crippen molar-refractivity contribution in [3.63, 3.8) is 0 Å². The minimum Gasteiger partial charge on any atom is -0.368 e. The molecule has 104 valence electrons. The van der Waals surface area contributed by atoms with Crippen LogP contribution < -0.4 is 11.1 Å². The number of amides is 1. The van der Waals surface area contributed by atoms with Crippen molar-refractivity contribution < 1.29 is 4.79 Å². The van der Waals surface area contributed by atoms with Gasteiger partial charge < -0.3 is 11.1 Å². The molecule has 0 heterocycles. The number of primary amides is 1. The van der Waals surface area contributed by atoms with E-state index in [1.807, 2.05) is 26.8 Å². The van der Waals surface area contributed by atoms with Crippen molar-refractivity contribution in [1.29, 1.82) is 0 Å². The highest BCUT2D eigenvalue weighted by atomic mass is 16.1. The third-order valence-corrected chi connectivity index (χ3v) is 3.89. The second kappa shape index (κ2) is 5.33. The number of hydrogen-bond donors (Lipinski definition) is 2. The van der Waals surface area contributed by atoms with Crippen LogP contribution in [-0.2, 0) is 4.79 Å². The number of carbonyl (C=O) groups excluding carboxylic acids is 1. The van der Waals surface area contributed by atoms with Gasteiger partial charge in [-0.25, -0.2) is 0 Å². The molecule has 2 rings (SSSR count). The fourth-order valence-corrected chi connectivity index (χ4v) is 2.68. The van der Waals surface area contributed by atoms with Gasteiger partial charge in [-0.2, -0.15) is 0 Å². The Hall–Kier alpha value is -1.35. The summed E-state index contributed by atoms with van der Waals surface area (Å²) in [6, 6.07) is 10.3. The van der Waals surface area contributed by atoms with Gasteiger partial charge in [-0.05, 0) is 35.8 Å². The lowest BCUT2D eigenvalue weighted by Gasteiger charge is -2.29. The third kappa shape index (κ3) is 3.57. The van der Waals surface area contributed by atoms with E-state index >= 15 is 0 Å². The molecule has 0 radical (unpaired) electrons. The quantitative estimate of drug-likeness (QED) is 0.853. The summed E-state index contributed by atoms with van der Waals surface area (Å²) in [7, 11) is 0. The number of benzene rings is 1. The summed E-state index contributed by atoms with van der Waals surface area (Å²) in [5.41, 5.74) is 6.74. The van der Waals surface area contributed by atoms with Crippen LogP contribution in [0.15, 0.2) is 30.3 Å². The topological polar surface area (TPSA) is 55.1 Å². The molecule has 1 aromatic rings. The van der Waals surface area contributed by atoms with E-state index in [0.29, 0.717) is 11.8 Å². The molecule has 1 aromatic carbocycles. The van der Waals surface area contributed by atoms with Crippen molar-refractivity contribution in [2.75, 3.05) is 6.54 Å². The Balaban J connectivity index is 1.86. The minimum atomic E-state index is -0.260. The zero-order valence-electron chi connectivity index (χ0n) is 12.0. The van der Waals surface area contributed by atoms with E-state index in [0.717, 1.165) is 6.54 Å². The first-order valence-electron chi connectivity index (χ1n) is 6.97. The van der Waals surface area contributed by atoms with Crippen LogP contribution in [0.25, 0.3) is 0 Å². The predicted octanol–water partition coefficient (Wildman–Crippen LogP) is 2.28. The van der Waals surface area contributed by atoms with Crippen molar-refractivity contribution >= 4 is 5.91 Å². The van der Waals surface area contributed by atoms with Crippen LogP contribution in [0, 0.1) is 11.3 Å². The van der Waals surface area contributed by atoms with Crippen molar-refractivity contribution in [3.05, 3.63) is 35.9 Å². The minimum absolute atomic E-state index is 0.136.